The lowest BCUT2D eigenvalue weighted by Gasteiger charge is -2.33. The minimum atomic E-state index is -3.44. The van der Waals surface area contributed by atoms with Crippen LogP contribution in [0.25, 0.3) is 0 Å². The smallest absolute Gasteiger partial charge is 0.224 e. The first kappa shape index (κ1) is 19.8. The second-order valence-corrected chi connectivity index (χ2v) is 9.53. The SMILES string of the molecule is CSc1ccc(S(=O)(=O)C[C@@H]2CCC(C)C[C@H]2C(=O)NCC#N)cc1. The zero-order valence-corrected chi connectivity index (χ0v) is 16.2. The maximum atomic E-state index is 12.8. The number of nitrogens with one attached hydrogen (secondary N) is 1. The summed E-state index contributed by atoms with van der Waals surface area (Å²) in [5.41, 5.74) is 0. The summed E-state index contributed by atoms with van der Waals surface area (Å²) in [7, 11) is -3.44. The molecule has 7 heteroatoms. The predicted octanol–water partition coefficient (Wildman–Crippen LogP) is 2.87. The van der Waals surface area contributed by atoms with Crippen LogP contribution in [0.2, 0.25) is 0 Å². The van der Waals surface area contributed by atoms with E-state index in [0.29, 0.717) is 23.7 Å². The van der Waals surface area contributed by atoms with Crippen molar-refractivity contribution in [2.45, 2.75) is 36.0 Å². The highest BCUT2D eigenvalue weighted by Gasteiger charge is 2.36. The van der Waals surface area contributed by atoms with Crippen LogP contribution < -0.4 is 5.32 Å². The van der Waals surface area contributed by atoms with Gasteiger partial charge in [-0.15, -0.1) is 11.8 Å². The third-order valence-electron chi connectivity index (χ3n) is 4.79. The minimum absolute atomic E-state index is 0.0248. The first-order chi connectivity index (χ1) is 11.9. The molecule has 5 nitrogen and oxygen atoms in total. The van der Waals surface area contributed by atoms with Crippen LogP contribution in [0.1, 0.15) is 26.2 Å². The van der Waals surface area contributed by atoms with Gasteiger partial charge >= 0.3 is 0 Å². The molecule has 0 spiro atoms. The van der Waals surface area contributed by atoms with Crippen LogP contribution in [0.3, 0.4) is 0 Å². The van der Waals surface area contributed by atoms with E-state index in [1.165, 1.54) is 0 Å². The molecule has 1 fully saturated rings. The number of sulfone groups is 1. The van der Waals surface area contributed by atoms with Crippen LogP contribution in [0, 0.1) is 29.1 Å². The van der Waals surface area contributed by atoms with Crippen molar-refractivity contribution in [3.63, 3.8) is 0 Å². The van der Waals surface area contributed by atoms with Crippen molar-refractivity contribution in [2.24, 2.45) is 17.8 Å². The number of nitriles is 1. The highest BCUT2D eigenvalue weighted by Crippen LogP contribution is 2.36. The van der Waals surface area contributed by atoms with Crippen molar-refractivity contribution in [2.75, 3.05) is 18.6 Å². The zero-order chi connectivity index (χ0) is 18.4. The van der Waals surface area contributed by atoms with E-state index in [-0.39, 0.29) is 30.0 Å². The van der Waals surface area contributed by atoms with Gasteiger partial charge in [0, 0.05) is 10.8 Å². The molecule has 0 radical (unpaired) electrons. The van der Waals surface area contributed by atoms with Crippen molar-refractivity contribution in [3.8, 4) is 6.07 Å². The number of rotatable bonds is 6. The van der Waals surface area contributed by atoms with Crippen LogP contribution >= 0.6 is 11.8 Å². The average molecular weight is 381 g/mol. The maximum Gasteiger partial charge on any atom is 0.224 e. The van der Waals surface area contributed by atoms with Crippen LogP contribution in [-0.4, -0.2) is 32.9 Å². The van der Waals surface area contributed by atoms with E-state index in [4.69, 9.17) is 5.26 Å². The second kappa shape index (κ2) is 8.72. The van der Waals surface area contributed by atoms with Gasteiger partial charge in [0.05, 0.1) is 16.7 Å². The molecule has 1 aromatic rings. The summed E-state index contributed by atoms with van der Waals surface area (Å²) in [6.45, 7) is 2.04. The number of benzene rings is 1. The van der Waals surface area contributed by atoms with E-state index in [0.717, 1.165) is 11.3 Å². The third-order valence-corrected chi connectivity index (χ3v) is 7.39. The van der Waals surface area contributed by atoms with E-state index in [2.05, 4.69) is 12.2 Å². The van der Waals surface area contributed by atoms with Crippen molar-refractivity contribution in [3.05, 3.63) is 24.3 Å². The Kier molecular flexibility index (Phi) is 6.91. The molecule has 0 heterocycles. The van der Waals surface area contributed by atoms with Gasteiger partial charge in [-0.2, -0.15) is 5.26 Å². The Hall–Kier alpha value is -1.52. The lowest BCUT2D eigenvalue weighted by molar-refractivity contribution is -0.127. The second-order valence-electron chi connectivity index (χ2n) is 6.62. The lowest BCUT2D eigenvalue weighted by Crippen LogP contribution is -2.41. The quantitative estimate of drug-likeness (QED) is 0.606. The van der Waals surface area contributed by atoms with Crippen molar-refractivity contribution >= 4 is 27.5 Å². The van der Waals surface area contributed by atoms with E-state index in [9.17, 15) is 13.2 Å². The van der Waals surface area contributed by atoms with Crippen molar-refractivity contribution < 1.29 is 13.2 Å². The number of nitrogens with zero attached hydrogens (tertiary/aromatic N) is 1. The summed E-state index contributed by atoms with van der Waals surface area (Å²) in [4.78, 5) is 13.7. The zero-order valence-electron chi connectivity index (χ0n) is 14.6. The lowest BCUT2D eigenvalue weighted by atomic mass is 9.75. The molecule has 1 aliphatic rings. The summed E-state index contributed by atoms with van der Waals surface area (Å²) in [6.07, 6.45) is 4.25. The highest BCUT2D eigenvalue weighted by molar-refractivity contribution is 7.98. The third kappa shape index (κ3) is 5.23. The molecule has 2 rings (SSSR count). The van der Waals surface area contributed by atoms with Crippen molar-refractivity contribution in [1.29, 1.82) is 5.26 Å². The Balaban J connectivity index is 2.16. The Labute approximate surface area is 154 Å². The molecule has 1 saturated carbocycles. The van der Waals surface area contributed by atoms with Gasteiger partial charge in [0.15, 0.2) is 9.84 Å². The molecule has 25 heavy (non-hydrogen) atoms. The number of amides is 1. The molecular formula is C18H24N2O3S2. The predicted molar refractivity (Wildman–Crippen MR) is 98.9 cm³/mol. The Morgan fingerprint density at radius 1 is 1.32 bits per heavy atom. The number of hydrogen-bond acceptors (Lipinski definition) is 5. The molecule has 136 valence electrons. The summed E-state index contributed by atoms with van der Waals surface area (Å²) >= 11 is 1.56. The van der Waals surface area contributed by atoms with E-state index in [1.807, 2.05) is 12.3 Å². The Morgan fingerprint density at radius 3 is 2.60 bits per heavy atom. The van der Waals surface area contributed by atoms with Crippen LogP contribution in [0.4, 0.5) is 0 Å². The molecular weight excluding hydrogens is 356 g/mol. The number of hydrogen-bond donors (Lipinski definition) is 1. The molecule has 1 amide bonds. The van der Waals surface area contributed by atoms with Gasteiger partial charge in [-0.05, 0) is 55.2 Å². The van der Waals surface area contributed by atoms with Crippen LogP contribution in [0.5, 0.6) is 0 Å². The molecule has 0 bridgehead atoms. The molecule has 0 aromatic heterocycles. The fourth-order valence-electron chi connectivity index (χ4n) is 3.38. The molecule has 1 aromatic carbocycles. The van der Waals surface area contributed by atoms with Gasteiger partial charge < -0.3 is 5.32 Å². The molecule has 1 N–H and O–H groups in total. The number of carbonyl (C=O) groups excluding carboxylic acids is 1. The Morgan fingerprint density at radius 2 is 2.00 bits per heavy atom. The van der Waals surface area contributed by atoms with Gasteiger partial charge in [-0.3, -0.25) is 4.79 Å². The summed E-state index contributed by atoms with van der Waals surface area (Å²) in [5, 5.41) is 11.2. The minimum Gasteiger partial charge on any atom is -0.343 e. The fraction of sp³-hybridized carbons (Fsp3) is 0.556. The van der Waals surface area contributed by atoms with Crippen LogP contribution in [-0.2, 0) is 14.6 Å². The molecule has 0 aliphatic heterocycles. The first-order valence-electron chi connectivity index (χ1n) is 8.39. The maximum absolute atomic E-state index is 12.8. The molecule has 0 saturated heterocycles. The van der Waals surface area contributed by atoms with E-state index in [1.54, 1.807) is 36.0 Å². The van der Waals surface area contributed by atoms with Gasteiger partial charge in [0.25, 0.3) is 0 Å². The van der Waals surface area contributed by atoms with Crippen molar-refractivity contribution in [1.82, 2.24) is 5.32 Å². The average Bonchev–Trinajstić information content (AvgIpc) is 2.61. The van der Waals surface area contributed by atoms with E-state index < -0.39 is 9.84 Å². The topological polar surface area (TPSA) is 87.0 Å². The highest BCUT2D eigenvalue weighted by atomic mass is 32.2. The molecule has 1 unspecified atom stereocenters. The number of carbonyl (C=O) groups is 1. The normalized spacial score (nSPS) is 23.6. The largest absolute Gasteiger partial charge is 0.343 e. The summed E-state index contributed by atoms with van der Waals surface area (Å²) in [6, 6.07) is 8.78. The van der Waals surface area contributed by atoms with Crippen LogP contribution in [0.15, 0.2) is 34.1 Å². The van der Waals surface area contributed by atoms with Gasteiger partial charge in [0.2, 0.25) is 5.91 Å². The summed E-state index contributed by atoms with van der Waals surface area (Å²) in [5.74, 6) is -0.399. The van der Waals surface area contributed by atoms with Gasteiger partial charge in [-0.1, -0.05) is 13.3 Å². The monoisotopic (exact) mass is 380 g/mol. The van der Waals surface area contributed by atoms with E-state index >= 15 is 0 Å². The standard InChI is InChI=1S/C18H24N2O3S2/c1-13-3-4-14(17(11-13)18(21)20-10-9-19)12-25(22,23)16-7-5-15(24-2)6-8-16/h5-8,13-14,17H,3-4,10-12H2,1-2H3,(H,20,21)/t13?,14-,17+/m0/s1. The molecule has 1 aliphatic carbocycles. The number of thioether (sulfide) groups is 1. The summed E-state index contributed by atoms with van der Waals surface area (Å²) < 4.78 is 25.5. The first-order valence-corrected chi connectivity index (χ1v) is 11.3. The Bertz CT molecular complexity index is 739. The molecule has 3 atom stereocenters. The fourth-order valence-corrected chi connectivity index (χ4v) is 5.50. The van der Waals surface area contributed by atoms with Gasteiger partial charge in [-0.25, -0.2) is 8.42 Å². The van der Waals surface area contributed by atoms with Gasteiger partial charge in [0.1, 0.15) is 6.54 Å².